The molecular weight excluding hydrogens is 352 g/mol. The molecule has 0 unspecified atom stereocenters. The summed E-state index contributed by atoms with van der Waals surface area (Å²) in [5, 5.41) is 3.42. The van der Waals surface area contributed by atoms with E-state index < -0.39 is 0 Å². The van der Waals surface area contributed by atoms with E-state index in [1.807, 2.05) is 6.20 Å². The normalized spacial score (nSPS) is 15.5. The van der Waals surface area contributed by atoms with Gasteiger partial charge in [-0.3, -0.25) is 0 Å². The number of nitrogens with one attached hydrogen (secondary N) is 1. The topological polar surface area (TPSA) is 33.1 Å². The highest BCUT2D eigenvalue weighted by Gasteiger charge is 2.19. The van der Waals surface area contributed by atoms with Gasteiger partial charge in [0.1, 0.15) is 0 Å². The molecule has 25 heavy (non-hydrogen) atoms. The second-order valence-corrected chi connectivity index (χ2v) is 8.03. The largest absolute Gasteiger partial charge is 0.380 e. The van der Waals surface area contributed by atoms with Crippen molar-refractivity contribution in [2.75, 3.05) is 23.3 Å². The van der Waals surface area contributed by atoms with E-state index in [-0.39, 0.29) is 0 Å². The Balaban J connectivity index is 1.31. The van der Waals surface area contributed by atoms with Crippen LogP contribution in [0.1, 0.15) is 23.8 Å². The van der Waals surface area contributed by atoms with E-state index in [0.29, 0.717) is 10.5 Å². The molecule has 6 heteroatoms. The number of hydrogen-bond acceptors (Lipinski definition) is 4. The van der Waals surface area contributed by atoms with E-state index >= 15 is 0 Å². The first-order valence-corrected chi connectivity index (χ1v) is 9.79. The van der Waals surface area contributed by atoms with E-state index in [1.54, 1.807) is 0 Å². The molecule has 3 heterocycles. The maximum atomic E-state index is 5.86. The molecule has 1 aliphatic heterocycles. The van der Waals surface area contributed by atoms with Crippen molar-refractivity contribution in [3.63, 3.8) is 0 Å². The molecule has 0 atom stereocenters. The van der Waals surface area contributed by atoms with E-state index in [2.05, 4.69) is 68.6 Å². The smallest absolute Gasteiger partial charge is 0.183 e. The number of thiazole rings is 1. The highest BCUT2D eigenvalue weighted by molar-refractivity contribution is 7.15. The lowest BCUT2D eigenvalue weighted by Gasteiger charge is -2.34. The zero-order valence-corrected chi connectivity index (χ0v) is 15.5. The third-order valence-corrected chi connectivity index (χ3v) is 5.85. The van der Waals surface area contributed by atoms with E-state index in [9.17, 15) is 0 Å². The molecule has 1 aliphatic rings. The lowest BCUT2D eigenvalue weighted by molar-refractivity contribution is 0.397. The van der Waals surface area contributed by atoms with Crippen molar-refractivity contribution in [2.24, 2.45) is 0 Å². The molecule has 130 valence electrons. The molecule has 4 rings (SSSR count). The minimum atomic E-state index is 0.593. The number of halogens is 1. The number of aromatic nitrogens is 2. The molecule has 1 saturated heterocycles. The van der Waals surface area contributed by atoms with E-state index in [0.717, 1.165) is 30.2 Å². The van der Waals surface area contributed by atoms with Crippen LogP contribution in [-0.2, 0) is 6.54 Å². The van der Waals surface area contributed by atoms with Gasteiger partial charge in [0.2, 0.25) is 0 Å². The quantitative estimate of drug-likeness (QED) is 0.680. The maximum absolute atomic E-state index is 5.86. The van der Waals surface area contributed by atoms with Gasteiger partial charge >= 0.3 is 0 Å². The van der Waals surface area contributed by atoms with Crippen LogP contribution in [0.15, 0.2) is 55.0 Å². The van der Waals surface area contributed by atoms with Crippen molar-refractivity contribution in [3.05, 3.63) is 64.3 Å². The number of piperidine rings is 1. The van der Waals surface area contributed by atoms with Crippen LogP contribution in [0.5, 0.6) is 0 Å². The molecule has 1 aromatic carbocycles. The Bertz CT molecular complexity index is 789. The fraction of sp³-hybridized carbons (Fsp3) is 0.316. The summed E-state index contributed by atoms with van der Waals surface area (Å²) in [7, 11) is 0. The summed E-state index contributed by atoms with van der Waals surface area (Å²) in [6.45, 7) is 2.97. The maximum Gasteiger partial charge on any atom is 0.183 e. The van der Waals surface area contributed by atoms with Crippen LogP contribution in [0.2, 0.25) is 4.47 Å². The number of nitrogens with zero attached hydrogens (tertiary/aromatic N) is 3. The Labute approximate surface area is 157 Å². The molecule has 0 spiro atoms. The summed E-state index contributed by atoms with van der Waals surface area (Å²) in [5.41, 5.74) is 2.42. The average Bonchev–Trinajstić information content (AvgIpc) is 3.32. The Hall–Kier alpha value is -1.98. The molecule has 1 N–H and O–H groups in total. The van der Waals surface area contributed by atoms with Crippen molar-refractivity contribution in [2.45, 2.75) is 25.4 Å². The molecule has 3 aromatic rings. The standard InChI is InChI=1S/C19H21ClN4S/c20-19-22-14-18(25-19)13-21-15-3-5-16(6-4-15)24-11-7-17(8-12-24)23-9-1-2-10-23/h1-6,9-10,14,17,21H,7-8,11-13H2. The first-order chi connectivity index (χ1) is 12.3. The summed E-state index contributed by atoms with van der Waals surface area (Å²) >= 11 is 7.38. The summed E-state index contributed by atoms with van der Waals surface area (Å²) in [5.74, 6) is 0. The van der Waals surface area contributed by atoms with Crippen LogP contribution in [0.4, 0.5) is 11.4 Å². The lowest BCUT2D eigenvalue weighted by Crippen LogP contribution is -2.34. The number of rotatable bonds is 5. The second-order valence-electron chi connectivity index (χ2n) is 6.33. The summed E-state index contributed by atoms with van der Waals surface area (Å²) < 4.78 is 2.94. The van der Waals surface area contributed by atoms with Gasteiger partial charge in [0.25, 0.3) is 0 Å². The Kier molecular flexibility index (Phi) is 4.95. The molecule has 1 fully saturated rings. The first-order valence-electron chi connectivity index (χ1n) is 8.59. The third kappa shape index (κ3) is 3.99. The van der Waals surface area contributed by atoms with Crippen molar-refractivity contribution in [1.29, 1.82) is 0 Å². The predicted octanol–water partition coefficient (Wildman–Crippen LogP) is 5.05. The van der Waals surface area contributed by atoms with Crippen molar-refractivity contribution in [1.82, 2.24) is 9.55 Å². The van der Waals surface area contributed by atoms with Crippen LogP contribution >= 0.6 is 22.9 Å². The summed E-state index contributed by atoms with van der Waals surface area (Å²) in [6, 6.07) is 13.6. The third-order valence-electron chi connectivity index (χ3n) is 4.74. The molecule has 4 nitrogen and oxygen atoms in total. The number of hydrogen-bond donors (Lipinski definition) is 1. The van der Waals surface area contributed by atoms with Gasteiger partial charge in [-0.1, -0.05) is 11.6 Å². The fourth-order valence-corrected chi connectivity index (χ4v) is 4.28. The minimum Gasteiger partial charge on any atom is -0.380 e. The Morgan fingerprint density at radius 3 is 2.48 bits per heavy atom. The summed E-state index contributed by atoms with van der Waals surface area (Å²) in [4.78, 5) is 7.68. The van der Waals surface area contributed by atoms with Crippen LogP contribution in [0, 0.1) is 0 Å². The molecule has 0 saturated carbocycles. The monoisotopic (exact) mass is 372 g/mol. The molecule has 0 aliphatic carbocycles. The van der Waals surface area contributed by atoms with E-state index in [1.165, 1.54) is 29.9 Å². The van der Waals surface area contributed by atoms with Gasteiger partial charge in [-0.2, -0.15) is 0 Å². The Morgan fingerprint density at radius 1 is 1.12 bits per heavy atom. The SMILES string of the molecule is Clc1ncc(CNc2ccc(N3CCC(n4cccc4)CC3)cc2)s1. The minimum absolute atomic E-state index is 0.593. The second kappa shape index (κ2) is 7.50. The van der Waals surface area contributed by atoms with Gasteiger partial charge in [0.15, 0.2) is 4.47 Å². The van der Waals surface area contributed by atoms with Gasteiger partial charge in [-0.25, -0.2) is 4.98 Å². The summed E-state index contributed by atoms with van der Waals surface area (Å²) in [6.07, 6.45) is 8.57. The Morgan fingerprint density at radius 2 is 1.84 bits per heavy atom. The van der Waals surface area contributed by atoms with Gasteiger partial charge in [0, 0.05) is 54.0 Å². The number of benzene rings is 1. The van der Waals surface area contributed by atoms with Gasteiger partial charge in [0.05, 0.1) is 6.54 Å². The van der Waals surface area contributed by atoms with Crippen LogP contribution in [0.3, 0.4) is 0 Å². The zero-order valence-electron chi connectivity index (χ0n) is 13.9. The molecular formula is C19H21ClN4S. The predicted molar refractivity (Wildman–Crippen MR) is 106 cm³/mol. The molecule has 2 aromatic heterocycles. The van der Waals surface area contributed by atoms with Gasteiger partial charge < -0.3 is 14.8 Å². The fourth-order valence-electron chi connectivity index (χ4n) is 3.36. The first kappa shape index (κ1) is 16.5. The molecule has 0 bridgehead atoms. The lowest BCUT2D eigenvalue weighted by atomic mass is 10.0. The highest BCUT2D eigenvalue weighted by atomic mass is 35.5. The average molecular weight is 373 g/mol. The van der Waals surface area contributed by atoms with E-state index in [4.69, 9.17) is 11.6 Å². The molecule has 0 amide bonds. The number of anilines is 2. The van der Waals surface area contributed by atoms with Crippen molar-refractivity contribution >= 4 is 34.3 Å². The van der Waals surface area contributed by atoms with Crippen molar-refractivity contribution in [3.8, 4) is 0 Å². The van der Waals surface area contributed by atoms with Crippen LogP contribution in [0.25, 0.3) is 0 Å². The van der Waals surface area contributed by atoms with Gasteiger partial charge in [-0.15, -0.1) is 11.3 Å². The van der Waals surface area contributed by atoms with Gasteiger partial charge in [-0.05, 0) is 49.2 Å². The highest BCUT2D eigenvalue weighted by Crippen LogP contribution is 2.27. The van der Waals surface area contributed by atoms with Crippen LogP contribution in [-0.4, -0.2) is 22.6 Å². The zero-order chi connectivity index (χ0) is 17.1. The van der Waals surface area contributed by atoms with Crippen LogP contribution < -0.4 is 10.2 Å². The van der Waals surface area contributed by atoms with Crippen molar-refractivity contribution < 1.29 is 0 Å². The molecule has 0 radical (unpaired) electrons.